The summed E-state index contributed by atoms with van der Waals surface area (Å²) < 4.78 is 40.1. The van der Waals surface area contributed by atoms with Gasteiger partial charge in [0.25, 0.3) is 0 Å². The van der Waals surface area contributed by atoms with E-state index in [1.807, 2.05) is 0 Å². The predicted molar refractivity (Wildman–Crippen MR) is 91.9 cm³/mol. The van der Waals surface area contributed by atoms with E-state index in [0.717, 1.165) is 51.5 Å². The highest BCUT2D eigenvalue weighted by atomic mass is 32.2. The number of amides is 1. The largest absolute Gasteiger partial charge is 0.343 e. The van der Waals surface area contributed by atoms with Gasteiger partial charge in [0.1, 0.15) is 10.7 Å². The van der Waals surface area contributed by atoms with E-state index in [1.54, 1.807) is 4.90 Å². The van der Waals surface area contributed by atoms with Gasteiger partial charge in [-0.05, 0) is 43.4 Å². The zero-order valence-corrected chi connectivity index (χ0v) is 14.9. The molecular formula is C17H24FN3O3S. The number of nitrogens with zero attached hydrogens (tertiary/aromatic N) is 1. The normalized spacial score (nSPS) is 20.1. The van der Waals surface area contributed by atoms with Crippen LogP contribution in [0.3, 0.4) is 0 Å². The van der Waals surface area contributed by atoms with Gasteiger partial charge < -0.3 is 10.2 Å². The van der Waals surface area contributed by atoms with E-state index in [1.165, 1.54) is 18.2 Å². The first-order chi connectivity index (χ1) is 11.9. The van der Waals surface area contributed by atoms with Gasteiger partial charge in [-0.1, -0.05) is 12.1 Å². The molecule has 1 aromatic carbocycles. The number of carbonyl (C=O) groups excluding carboxylic acids is 1. The summed E-state index contributed by atoms with van der Waals surface area (Å²) in [5.74, 6) is -0.857. The van der Waals surface area contributed by atoms with E-state index < -0.39 is 20.7 Å². The summed E-state index contributed by atoms with van der Waals surface area (Å²) in [6.45, 7) is 3.49. The van der Waals surface area contributed by atoms with Gasteiger partial charge in [0, 0.05) is 32.6 Å². The highest BCUT2D eigenvalue weighted by Gasteiger charge is 2.37. The number of benzene rings is 1. The van der Waals surface area contributed by atoms with Gasteiger partial charge in [-0.15, -0.1) is 0 Å². The molecule has 3 rings (SSSR count). The predicted octanol–water partition coefficient (Wildman–Crippen LogP) is 1.10. The van der Waals surface area contributed by atoms with Crippen molar-refractivity contribution in [3.05, 3.63) is 30.1 Å². The van der Waals surface area contributed by atoms with E-state index in [4.69, 9.17) is 0 Å². The van der Waals surface area contributed by atoms with Gasteiger partial charge in [-0.2, -0.15) is 0 Å². The fourth-order valence-corrected chi connectivity index (χ4v) is 4.75. The maximum atomic E-state index is 13.6. The van der Waals surface area contributed by atoms with E-state index in [9.17, 15) is 17.6 Å². The lowest BCUT2D eigenvalue weighted by Gasteiger charge is -2.39. The smallest absolute Gasteiger partial charge is 0.243 e. The van der Waals surface area contributed by atoms with Crippen LogP contribution >= 0.6 is 0 Å². The second-order valence-electron chi connectivity index (χ2n) is 6.89. The van der Waals surface area contributed by atoms with Crippen molar-refractivity contribution in [2.24, 2.45) is 5.41 Å². The van der Waals surface area contributed by atoms with Crippen LogP contribution in [0.4, 0.5) is 4.39 Å². The second-order valence-corrected chi connectivity index (χ2v) is 8.62. The molecule has 0 radical (unpaired) electrons. The first-order valence-corrected chi connectivity index (χ1v) is 10.1. The Balaban J connectivity index is 1.47. The number of piperidine rings is 1. The van der Waals surface area contributed by atoms with E-state index in [2.05, 4.69) is 10.0 Å². The van der Waals surface area contributed by atoms with Crippen LogP contribution < -0.4 is 10.0 Å². The Morgan fingerprint density at radius 1 is 1.24 bits per heavy atom. The molecule has 1 aromatic rings. The van der Waals surface area contributed by atoms with Crippen LogP contribution in [-0.4, -0.2) is 51.9 Å². The van der Waals surface area contributed by atoms with Crippen molar-refractivity contribution >= 4 is 15.9 Å². The van der Waals surface area contributed by atoms with Gasteiger partial charge in [-0.3, -0.25) is 4.79 Å². The van der Waals surface area contributed by atoms with Crippen LogP contribution in [0.1, 0.15) is 25.7 Å². The Hall–Kier alpha value is -1.51. The number of halogens is 1. The van der Waals surface area contributed by atoms with Crippen molar-refractivity contribution in [3.63, 3.8) is 0 Å². The molecule has 25 heavy (non-hydrogen) atoms. The lowest BCUT2D eigenvalue weighted by atomic mass is 9.78. The minimum Gasteiger partial charge on any atom is -0.343 e. The zero-order chi connectivity index (χ0) is 17.9. The highest BCUT2D eigenvalue weighted by molar-refractivity contribution is 7.89. The first-order valence-electron chi connectivity index (χ1n) is 8.65. The molecule has 0 aromatic heterocycles. The molecule has 8 heteroatoms. The molecule has 0 unspecified atom stereocenters. The van der Waals surface area contributed by atoms with Crippen LogP contribution in [0.2, 0.25) is 0 Å². The molecular weight excluding hydrogens is 345 g/mol. The zero-order valence-electron chi connectivity index (χ0n) is 14.1. The number of hydrogen-bond donors (Lipinski definition) is 2. The van der Waals surface area contributed by atoms with Gasteiger partial charge in [0.2, 0.25) is 15.9 Å². The summed E-state index contributed by atoms with van der Waals surface area (Å²) >= 11 is 0. The lowest BCUT2D eigenvalue weighted by molar-refractivity contribution is -0.133. The monoisotopic (exact) mass is 369 g/mol. The summed E-state index contributed by atoms with van der Waals surface area (Å²) in [5, 5.41) is 3.39. The maximum absolute atomic E-state index is 13.6. The van der Waals surface area contributed by atoms with Crippen molar-refractivity contribution in [3.8, 4) is 0 Å². The van der Waals surface area contributed by atoms with Crippen LogP contribution in [0, 0.1) is 11.2 Å². The molecule has 2 aliphatic heterocycles. The van der Waals surface area contributed by atoms with Crippen LogP contribution in [0.15, 0.2) is 29.2 Å². The molecule has 0 bridgehead atoms. The molecule has 0 aliphatic carbocycles. The average molecular weight is 369 g/mol. The molecule has 1 spiro atoms. The third-order valence-corrected chi connectivity index (χ3v) is 6.76. The van der Waals surface area contributed by atoms with Gasteiger partial charge >= 0.3 is 0 Å². The van der Waals surface area contributed by atoms with E-state index in [0.29, 0.717) is 5.41 Å². The number of hydrogen-bond acceptors (Lipinski definition) is 4. The SMILES string of the molecule is O=C(CCNS(=O)(=O)c1ccccc1F)N1CCC2(CCNC2)CC1. The third kappa shape index (κ3) is 4.19. The first kappa shape index (κ1) is 18.3. The molecule has 0 atom stereocenters. The molecule has 2 heterocycles. The van der Waals surface area contributed by atoms with Crippen molar-refractivity contribution < 1.29 is 17.6 Å². The molecule has 0 saturated carbocycles. The average Bonchev–Trinajstić information content (AvgIpc) is 3.03. The van der Waals surface area contributed by atoms with Crippen molar-refractivity contribution in [1.29, 1.82) is 0 Å². The van der Waals surface area contributed by atoms with Gasteiger partial charge in [0.15, 0.2) is 0 Å². The topological polar surface area (TPSA) is 78.5 Å². The number of rotatable bonds is 5. The van der Waals surface area contributed by atoms with E-state index in [-0.39, 0.29) is 18.9 Å². The third-order valence-electron chi connectivity index (χ3n) is 5.27. The van der Waals surface area contributed by atoms with Gasteiger partial charge in [0.05, 0.1) is 0 Å². The standard InChI is InChI=1S/C17H24FN3O3S/c18-14-3-1-2-4-15(14)25(23,24)20-9-5-16(22)21-11-7-17(8-12-21)6-10-19-13-17/h1-4,19-20H,5-13H2. The Morgan fingerprint density at radius 3 is 2.60 bits per heavy atom. The molecule has 1 amide bonds. The van der Waals surface area contributed by atoms with Crippen LogP contribution in [0.25, 0.3) is 0 Å². The lowest BCUT2D eigenvalue weighted by Crippen LogP contribution is -2.44. The second kappa shape index (κ2) is 7.39. The fraction of sp³-hybridized carbons (Fsp3) is 0.588. The molecule has 138 valence electrons. The molecule has 2 fully saturated rings. The Kier molecular flexibility index (Phi) is 5.41. The fourth-order valence-electron chi connectivity index (χ4n) is 3.64. The van der Waals surface area contributed by atoms with Crippen LogP contribution in [-0.2, 0) is 14.8 Å². The molecule has 6 nitrogen and oxygen atoms in total. The van der Waals surface area contributed by atoms with Gasteiger partial charge in [-0.25, -0.2) is 17.5 Å². The summed E-state index contributed by atoms with van der Waals surface area (Å²) in [6.07, 6.45) is 3.23. The highest BCUT2D eigenvalue weighted by Crippen LogP contribution is 2.36. The minimum atomic E-state index is -3.94. The van der Waals surface area contributed by atoms with Crippen molar-refractivity contribution in [2.45, 2.75) is 30.6 Å². The maximum Gasteiger partial charge on any atom is 0.243 e. The van der Waals surface area contributed by atoms with Crippen LogP contribution in [0.5, 0.6) is 0 Å². The summed E-state index contributed by atoms with van der Waals surface area (Å²) in [4.78, 5) is 13.7. The summed E-state index contributed by atoms with van der Waals surface area (Å²) in [5.41, 5.74) is 0.337. The number of sulfonamides is 1. The number of carbonyl (C=O) groups is 1. The Morgan fingerprint density at radius 2 is 1.96 bits per heavy atom. The van der Waals surface area contributed by atoms with E-state index >= 15 is 0 Å². The quantitative estimate of drug-likeness (QED) is 0.815. The Bertz CT molecular complexity index is 722. The number of likely N-dealkylation sites (tertiary alicyclic amines) is 1. The summed E-state index contributed by atoms with van der Waals surface area (Å²) in [7, 11) is -3.94. The molecule has 2 aliphatic rings. The summed E-state index contributed by atoms with van der Waals surface area (Å²) in [6, 6.07) is 5.20. The molecule has 2 saturated heterocycles. The molecule has 2 N–H and O–H groups in total. The minimum absolute atomic E-state index is 0.0291. The Labute approximate surface area is 147 Å². The number of nitrogens with one attached hydrogen (secondary N) is 2. The van der Waals surface area contributed by atoms with Crippen molar-refractivity contribution in [2.75, 3.05) is 32.7 Å². The van der Waals surface area contributed by atoms with Crippen molar-refractivity contribution in [1.82, 2.24) is 14.9 Å².